The van der Waals surface area contributed by atoms with Crippen LogP contribution in [0, 0.1) is 12.8 Å². The first-order valence-electron chi connectivity index (χ1n) is 8.98. The molecular weight excluding hydrogens is 310 g/mol. The number of nitrogens with zero attached hydrogens (tertiary/aromatic N) is 1. The number of benzene rings is 2. The number of carbonyl (C=O) groups is 1. The second-order valence-electron chi connectivity index (χ2n) is 6.94. The maximum Gasteiger partial charge on any atom is 0.318 e. The van der Waals surface area contributed by atoms with Crippen LogP contribution >= 0.6 is 0 Å². The van der Waals surface area contributed by atoms with Gasteiger partial charge in [0.05, 0.1) is 0 Å². The molecule has 1 unspecified atom stereocenters. The molecule has 0 aromatic heterocycles. The standard InChI is InChI=1S/C21H27N3O/c1-16-8-9-20(23-21(25)22-2)19(12-16)15-24-11-10-18(14-24)13-17-6-4-3-5-7-17/h3-9,12,18H,10-11,13-15H2,1-2H3,(H2,22,23,25). The van der Waals surface area contributed by atoms with Crippen LogP contribution in [0.5, 0.6) is 0 Å². The molecule has 2 aromatic rings. The molecule has 0 bridgehead atoms. The molecule has 1 aliphatic heterocycles. The first kappa shape index (κ1) is 17.5. The van der Waals surface area contributed by atoms with Crippen molar-refractivity contribution in [2.24, 2.45) is 5.92 Å². The van der Waals surface area contributed by atoms with Crippen LogP contribution in [0.15, 0.2) is 48.5 Å². The van der Waals surface area contributed by atoms with Gasteiger partial charge in [-0.3, -0.25) is 4.90 Å². The van der Waals surface area contributed by atoms with Gasteiger partial charge in [0.15, 0.2) is 0 Å². The summed E-state index contributed by atoms with van der Waals surface area (Å²) >= 11 is 0. The lowest BCUT2D eigenvalue weighted by Gasteiger charge is -2.19. The maximum atomic E-state index is 11.7. The highest BCUT2D eigenvalue weighted by atomic mass is 16.2. The molecule has 0 spiro atoms. The highest BCUT2D eigenvalue weighted by Gasteiger charge is 2.23. The normalized spacial score (nSPS) is 17.4. The SMILES string of the molecule is CNC(=O)Nc1ccc(C)cc1CN1CCC(Cc2ccccc2)C1. The van der Waals surface area contributed by atoms with Crippen molar-refractivity contribution in [1.82, 2.24) is 10.2 Å². The van der Waals surface area contributed by atoms with Crippen molar-refractivity contribution in [3.05, 3.63) is 65.2 Å². The average Bonchev–Trinajstić information content (AvgIpc) is 3.05. The zero-order valence-corrected chi connectivity index (χ0v) is 15.1. The number of rotatable bonds is 5. The Labute approximate surface area is 150 Å². The summed E-state index contributed by atoms with van der Waals surface area (Å²) in [5.41, 5.74) is 4.73. The largest absolute Gasteiger partial charge is 0.341 e. The van der Waals surface area contributed by atoms with Gasteiger partial charge in [-0.2, -0.15) is 0 Å². The smallest absolute Gasteiger partial charge is 0.318 e. The minimum atomic E-state index is -0.173. The topological polar surface area (TPSA) is 44.4 Å². The number of anilines is 1. The molecule has 2 N–H and O–H groups in total. The number of aryl methyl sites for hydroxylation is 1. The molecule has 1 fully saturated rings. The van der Waals surface area contributed by atoms with E-state index in [1.54, 1.807) is 7.05 Å². The van der Waals surface area contributed by atoms with E-state index < -0.39 is 0 Å². The summed E-state index contributed by atoms with van der Waals surface area (Å²) in [4.78, 5) is 14.2. The lowest BCUT2D eigenvalue weighted by Crippen LogP contribution is -2.26. The van der Waals surface area contributed by atoms with E-state index in [1.165, 1.54) is 23.1 Å². The molecule has 2 aromatic carbocycles. The van der Waals surface area contributed by atoms with Crippen molar-refractivity contribution in [1.29, 1.82) is 0 Å². The summed E-state index contributed by atoms with van der Waals surface area (Å²) in [6, 6.07) is 16.8. The Hall–Kier alpha value is -2.33. The fourth-order valence-electron chi connectivity index (χ4n) is 3.57. The van der Waals surface area contributed by atoms with Gasteiger partial charge >= 0.3 is 6.03 Å². The Morgan fingerprint density at radius 3 is 2.76 bits per heavy atom. The lowest BCUT2D eigenvalue weighted by atomic mass is 9.99. The van der Waals surface area contributed by atoms with Crippen LogP contribution in [0.25, 0.3) is 0 Å². The van der Waals surface area contributed by atoms with Crippen LogP contribution in [0.1, 0.15) is 23.1 Å². The summed E-state index contributed by atoms with van der Waals surface area (Å²) in [7, 11) is 1.64. The van der Waals surface area contributed by atoms with Crippen LogP contribution in [0.2, 0.25) is 0 Å². The highest BCUT2D eigenvalue weighted by Crippen LogP contribution is 2.25. The van der Waals surface area contributed by atoms with E-state index >= 15 is 0 Å². The Kier molecular flexibility index (Phi) is 5.71. The van der Waals surface area contributed by atoms with Crippen LogP contribution in [0.4, 0.5) is 10.5 Å². The first-order chi connectivity index (χ1) is 12.1. The number of hydrogen-bond donors (Lipinski definition) is 2. The second kappa shape index (κ2) is 8.17. The molecule has 0 aliphatic carbocycles. The molecule has 1 heterocycles. The minimum absolute atomic E-state index is 0.173. The van der Waals surface area contributed by atoms with Crippen molar-refractivity contribution in [2.45, 2.75) is 26.3 Å². The van der Waals surface area contributed by atoms with E-state index in [-0.39, 0.29) is 6.03 Å². The van der Waals surface area contributed by atoms with Crippen LogP contribution in [-0.2, 0) is 13.0 Å². The van der Waals surface area contributed by atoms with Gasteiger partial charge in [-0.1, -0.05) is 48.0 Å². The fraction of sp³-hybridized carbons (Fsp3) is 0.381. The van der Waals surface area contributed by atoms with E-state index in [0.29, 0.717) is 5.92 Å². The molecule has 2 amide bonds. The molecule has 3 rings (SSSR count). The molecule has 4 nitrogen and oxygen atoms in total. The molecule has 0 radical (unpaired) electrons. The lowest BCUT2D eigenvalue weighted by molar-refractivity contribution is 0.254. The number of nitrogens with one attached hydrogen (secondary N) is 2. The van der Waals surface area contributed by atoms with Crippen molar-refractivity contribution < 1.29 is 4.79 Å². The number of hydrogen-bond acceptors (Lipinski definition) is 2. The number of urea groups is 1. The molecular formula is C21H27N3O. The summed E-state index contributed by atoms with van der Waals surface area (Å²) in [6.45, 7) is 5.20. The zero-order valence-electron chi connectivity index (χ0n) is 15.1. The first-order valence-corrected chi connectivity index (χ1v) is 8.98. The van der Waals surface area contributed by atoms with Gasteiger partial charge in [-0.15, -0.1) is 0 Å². The van der Waals surface area contributed by atoms with Crippen molar-refractivity contribution in [3.63, 3.8) is 0 Å². The Morgan fingerprint density at radius 2 is 2.00 bits per heavy atom. The zero-order chi connectivity index (χ0) is 17.6. The minimum Gasteiger partial charge on any atom is -0.341 e. The van der Waals surface area contributed by atoms with E-state index in [1.807, 2.05) is 12.1 Å². The van der Waals surface area contributed by atoms with Gasteiger partial charge in [0.25, 0.3) is 0 Å². The molecule has 4 heteroatoms. The molecule has 1 aliphatic rings. The second-order valence-corrected chi connectivity index (χ2v) is 6.94. The van der Waals surface area contributed by atoms with E-state index in [9.17, 15) is 4.79 Å². The fourth-order valence-corrected chi connectivity index (χ4v) is 3.57. The third-order valence-corrected chi connectivity index (χ3v) is 4.87. The maximum absolute atomic E-state index is 11.7. The van der Waals surface area contributed by atoms with Crippen molar-refractivity contribution in [3.8, 4) is 0 Å². The quantitative estimate of drug-likeness (QED) is 0.871. The van der Waals surface area contributed by atoms with Gasteiger partial charge in [-0.25, -0.2) is 4.79 Å². The van der Waals surface area contributed by atoms with Crippen LogP contribution < -0.4 is 10.6 Å². The number of amides is 2. The molecule has 1 atom stereocenters. The van der Waals surface area contributed by atoms with Crippen molar-refractivity contribution in [2.75, 3.05) is 25.5 Å². The Morgan fingerprint density at radius 1 is 1.20 bits per heavy atom. The van der Waals surface area contributed by atoms with Crippen molar-refractivity contribution >= 4 is 11.7 Å². The van der Waals surface area contributed by atoms with Gasteiger partial charge in [0, 0.05) is 25.8 Å². The average molecular weight is 337 g/mol. The monoisotopic (exact) mass is 337 g/mol. The van der Waals surface area contributed by atoms with Gasteiger partial charge in [0.2, 0.25) is 0 Å². The molecule has 132 valence electrons. The summed E-state index contributed by atoms with van der Waals surface area (Å²) in [5, 5.41) is 5.56. The summed E-state index contributed by atoms with van der Waals surface area (Å²) in [6.07, 6.45) is 2.38. The van der Waals surface area contributed by atoms with E-state index in [4.69, 9.17) is 0 Å². The Balaban J connectivity index is 1.63. The number of likely N-dealkylation sites (tertiary alicyclic amines) is 1. The third kappa shape index (κ3) is 4.83. The van der Waals surface area contributed by atoms with Crippen LogP contribution in [0.3, 0.4) is 0 Å². The van der Waals surface area contributed by atoms with E-state index in [2.05, 4.69) is 58.9 Å². The molecule has 1 saturated heterocycles. The van der Waals surface area contributed by atoms with Crippen LogP contribution in [-0.4, -0.2) is 31.1 Å². The predicted octanol–water partition coefficient (Wildman–Crippen LogP) is 3.81. The molecule has 0 saturated carbocycles. The summed E-state index contributed by atoms with van der Waals surface area (Å²) in [5.74, 6) is 0.711. The predicted molar refractivity (Wildman–Crippen MR) is 103 cm³/mol. The van der Waals surface area contributed by atoms with Gasteiger partial charge < -0.3 is 10.6 Å². The summed E-state index contributed by atoms with van der Waals surface area (Å²) < 4.78 is 0. The van der Waals surface area contributed by atoms with E-state index in [0.717, 1.165) is 31.7 Å². The molecule has 25 heavy (non-hydrogen) atoms. The number of carbonyl (C=O) groups excluding carboxylic acids is 1. The Bertz CT molecular complexity index is 714. The van der Waals surface area contributed by atoms with Gasteiger partial charge in [-0.05, 0) is 49.4 Å². The highest BCUT2D eigenvalue weighted by molar-refractivity contribution is 5.89. The van der Waals surface area contributed by atoms with Gasteiger partial charge in [0.1, 0.15) is 0 Å². The third-order valence-electron chi connectivity index (χ3n) is 4.87.